The van der Waals surface area contributed by atoms with Crippen molar-refractivity contribution in [2.45, 2.75) is 75.3 Å². The van der Waals surface area contributed by atoms with Gasteiger partial charge in [-0.25, -0.2) is 9.59 Å². The maximum absolute atomic E-state index is 11.7. The van der Waals surface area contributed by atoms with Gasteiger partial charge in [0.05, 0.1) is 31.5 Å². The van der Waals surface area contributed by atoms with Gasteiger partial charge in [0.15, 0.2) is 0 Å². The van der Waals surface area contributed by atoms with Gasteiger partial charge in [-0.1, -0.05) is 36.4 Å². The SMILES string of the molecule is CO.COC(=O)c1cccc(-c2ccc(OC3OC(CO)C(O)C(O)C3O)c(C)c2)c1.Cc1cc(-c2cccc(C(=O)O)c2)ccc1OC1OC(CO)C(O)C(O)C1O.[Na+].[OH-]. The van der Waals surface area contributed by atoms with Crippen LogP contribution in [0.15, 0.2) is 84.9 Å². The molecule has 10 unspecified atom stereocenters. The Morgan fingerprint density at radius 3 is 1.31 bits per heavy atom. The number of hydrogen-bond acceptors (Lipinski definition) is 17. The molecular weight excluding hydrogens is 815 g/mol. The second-order valence-corrected chi connectivity index (χ2v) is 13.5. The Bertz CT molecular complexity index is 2010. The molecule has 10 atom stereocenters. The first-order chi connectivity index (χ1) is 28.2. The number of hydrogen-bond donors (Lipinski definition) is 10. The number of esters is 1. The zero-order valence-corrected chi connectivity index (χ0v) is 36.0. The molecule has 2 fully saturated rings. The molecule has 328 valence electrons. The van der Waals surface area contributed by atoms with Crippen LogP contribution in [0.25, 0.3) is 22.3 Å². The van der Waals surface area contributed by atoms with Gasteiger partial charge in [0.1, 0.15) is 60.3 Å². The summed E-state index contributed by atoms with van der Waals surface area (Å²) < 4.78 is 26.8. The van der Waals surface area contributed by atoms with Gasteiger partial charge in [-0.3, -0.25) is 0 Å². The fourth-order valence-corrected chi connectivity index (χ4v) is 6.28. The first-order valence-electron chi connectivity index (χ1n) is 18.3. The van der Waals surface area contributed by atoms with Crippen LogP contribution >= 0.6 is 0 Å². The third kappa shape index (κ3) is 13.0. The quantitative estimate of drug-likeness (QED) is 0.0587. The number of carboxylic acids is 1. The zero-order valence-electron chi connectivity index (χ0n) is 34.0. The molecule has 4 aromatic rings. The van der Waals surface area contributed by atoms with E-state index in [1.54, 1.807) is 80.6 Å². The van der Waals surface area contributed by atoms with Crippen LogP contribution in [0.3, 0.4) is 0 Å². The van der Waals surface area contributed by atoms with Crippen LogP contribution in [-0.2, 0) is 14.2 Å². The molecule has 0 bridgehead atoms. The van der Waals surface area contributed by atoms with Gasteiger partial charge in [0.2, 0.25) is 12.6 Å². The van der Waals surface area contributed by atoms with E-state index in [2.05, 4.69) is 0 Å². The van der Waals surface area contributed by atoms with Crippen LogP contribution in [0.4, 0.5) is 0 Å². The van der Waals surface area contributed by atoms with Gasteiger partial charge in [-0.15, -0.1) is 0 Å². The molecule has 2 aliphatic heterocycles. The second-order valence-electron chi connectivity index (χ2n) is 13.5. The van der Waals surface area contributed by atoms with Crippen molar-refractivity contribution in [3.63, 3.8) is 0 Å². The van der Waals surface area contributed by atoms with Gasteiger partial charge in [0.25, 0.3) is 0 Å². The summed E-state index contributed by atoms with van der Waals surface area (Å²) in [6.07, 6.45) is -13.5. The molecule has 0 amide bonds. The molecular formula is C42H51NaO18. The van der Waals surface area contributed by atoms with E-state index in [1.165, 1.54) is 13.2 Å². The molecule has 4 aromatic carbocycles. The van der Waals surface area contributed by atoms with E-state index in [1.807, 2.05) is 12.1 Å². The van der Waals surface area contributed by atoms with E-state index in [4.69, 9.17) is 33.9 Å². The Morgan fingerprint density at radius 1 is 0.574 bits per heavy atom. The molecule has 2 heterocycles. The van der Waals surface area contributed by atoms with Gasteiger partial charge in [-0.2, -0.15) is 0 Å². The standard InChI is InChI=1S/C21H24O8.C20H22O8.CH4O.Na.H2O/c1-11-8-13(12-4-3-5-14(9-12)20(26)27-2)6-7-15(11)28-21-19(25)18(24)17(23)16(10-22)29-21;1-10-7-12(11-3-2-4-13(8-11)19(25)26)5-6-14(10)27-20-18(24)17(23)16(22)15(9-21)28-20;1-2;;/h3-9,16-19,21-25H,10H2,1-2H3;2-8,15-18,20-24H,9H2,1H3,(H,25,26);2H,1H3;;1H2/q;;;+1;/p-1. The van der Waals surface area contributed by atoms with Gasteiger partial charge in [0, 0.05) is 7.11 Å². The molecule has 0 radical (unpaired) electrons. The van der Waals surface area contributed by atoms with Gasteiger partial charge in [-0.05, 0) is 95.8 Å². The van der Waals surface area contributed by atoms with Crippen molar-refractivity contribution < 1.29 is 119 Å². The summed E-state index contributed by atoms with van der Waals surface area (Å²) in [5.74, 6) is -0.656. The molecule has 6 rings (SSSR count). The number of benzene rings is 4. The van der Waals surface area contributed by atoms with Crippen molar-refractivity contribution in [1.29, 1.82) is 0 Å². The first kappa shape index (κ1) is 53.1. The molecule has 61 heavy (non-hydrogen) atoms. The van der Waals surface area contributed by atoms with Crippen molar-refractivity contribution in [1.82, 2.24) is 0 Å². The Kier molecular flexibility index (Phi) is 21.4. The molecule has 2 aliphatic rings. The topological polar surface area (TPSA) is 313 Å². The number of carboxylic acid groups (broad SMARTS) is 1. The summed E-state index contributed by atoms with van der Waals surface area (Å²) in [5, 5.41) is 94.3. The number of carbonyl (C=O) groups excluding carboxylic acids is 1. The Balaban J connectivity index is 0.000000392. The van der Waals surface area contributed by atoms with Crippen LogP contribution in [0.5, 0.6) is 11.5 Å². The molecule has 0 aromatic heterocycles. The number of ether oxygens (including phenoxy) is 5. The summed E-state index contributed by atoms with van der Waals surface area (Å²) in [4.78, 5) is 22.9. The predicted molar refractivity (Wildman–Crippen MR) is 210 cm³/mol. The van der Waals surface area contributed by atoms with E-state index >= 15 is 0 Å². The molecule has 18 nitrogen and oxygen atoms in total. The molecule has 11 N–H and O–H groups in total. The van der Waals surface area contributed by atoms with Crippen LogP contribution in [0.2, 0.25) is 0 Å². The minimum atomic E-state index is -1.52. The summed E-state index contributed by atoms with van der Waals surface area (Å²) in [6, 6.07) is 24.0. The third-order valence-corrected chi connectivity index (χ3v) is 9.59. The number of aromatic carboxylic acids is 1. The number of methoxy groups -OCH3 is 1. The summed E-state index contributed by atoms with van der Waals surface area (Å²) >= 11 is 0. The van der Waals surface area contributed by atoms with Crippen molar-refractivity contribution in [3.05, 3.63) is 107 Å². The smallest absolute Gasteiger partial charge is 0.870 e. The maximum atomic E-state index is 11.7. The van der Waals surface area contributed by atoms with Crippen LogP contribution in [0, 0.1) is 13.8 Å². The fourth-order valence-electron chi connectivity index (χ4n) is 6.28. The van der Waals surface area contributed by atoms with E-state index < -0.39 is 86.6 Å². The normalized spacial score (nSPS) is 25.4. The van der Waals surface area contributed by atoms with E-state index in [0.29, 0.717) is 22.6 Å². The summed E-state index contributed by atoms with van der Waals surface area (Å²) in [7, 11) is 2.32. The Morgan fingerprint density at radius 2 is 0.951 bits per heavy atom. The van der Waals surface area contributed by atoms with Crippen molar-refractivity contribution in [2.75, 3.05) is 27.4 Å². The van der Waals surface area contributed by atoms with Crippen molar-refractivity contribution in [3.8, 4) is 33.8 Å². The monoisotopic (exact) mass is 866 g/mol. The van der Waals surface area contributed by atoms with Gasteiger partial charge >= 0.3 is 41.5 Å². The minimum Gasteiger partial charge on any atom is -0.870 e. The molecule has 2 saturated heterocycles. The number of aliphatic hydroxyl groups excluding tert-OH is 9. The largest absolute Gasteiger partial charge is 1.00 e. The third-order valence-electron chi connectivity index (χ3n) is 9.59. The fraction of sp³-hybridized carbons (Fsp3) is 0.381. The number of aryl methyl sites for hydroxylation is 2. The number of aliphatic hydroxyl groups is 9. The van der Waals surface area contributed by atoms with E-state index in [9.17, 15) is 50.4 Å². The van der Waals surface area contributed by atoms with Crippen molar-refractivity contribution in [2.24, 2.45) is 0 Å². The van der Waals surface area contributed by atoms with Crippen LogP contribution < -0.4 is 39.0 Å². The average Bonchev–Trinajstić information content (AvgIpc) is 3.25. The molecule has 0 aliphatic carbocycles. The molecule has 19 heteroatoms. The van der Waals surface area contributed by atoms with Crippen molar-refractivity contribution >= 4 is 11.9 Å². The Labute approximate surface area is 373 Å². The van der Waals surface area contributed by atoms with Crippen LogP contribution in [-0.4, -0.2) is 157 Å². The van der Waals surface area contributed by atoms with Gasteiger partial charge < -0.3 is 80.2 Å². The average molecular weight is 867 g/mol. The number of rotatable bonds is 10. The van der Waals surface area contributed by atoms with E-state index in [-0.39, 0.29) is 40.6 Å². The second kappa shape index (κ2) is 24.5. The predicted octanol–water partition coefficient (Wildman–Crippen LogP) is -2.40. The Hall–Kier alpha value is -4.06. The number of carbonyl (C=O) groups is 2. The molecule has 0 spiro atoms. The summed E-state index contributed by atoms with van der Waals surface area (Å²) in [5.41, 5.74) is 5.19. The summed E-state index contributed by atoms with van der Waals surface area (Å²) in [6.45, 7) is 2.50. The zero-order chi connectivity index (χ0) is 43.6. The maximum Gasteiger partial charge on any atom is 1.00 e. The minimum absolute atomic E-state index is 0. The first-order valence-corrected chi connectivity index (χ1v) is 18.3. The van der Waals surface area contributed by atoms with Crippen LogP contribution in [0.1, 0.15) is 31.8 Å². The van der Waals surface area contributed by atoms with E-state index in [0.717, 1.165) is 34.9 Å². The molecule has 0 saturated carbocycles.